The Kier molecular flexibility index (Phi) is 4.82. The molecule has 0 radical (unpaired) electrons. The number of thiol groups is 1. The van der Waals surface area contributed by atoms with E-state index in [2.05, 4.69) is 55.1 Å². The van der Waals surface area contributed by atoms with Crippen molar-refractivity contribution in [3.8, 4) is 0 Å². The summed E-state index contributed by atoms with van der Waals surface area (Å²) in [6, 6.07) is 10.2. The summed E-state index contributed by atoms with van der Waals surface area (Å²) < 4.78 is 0. The van der Waals surface area contributed by atoms with Gasteiger partial charge in [0.25, 0.3) is 0 Å². The normalized spacial score (nSPS) is 16.0. The molecule has 0 amide bonds. The number of benzene rings is 6. The molecule has 0 heterocycles. The van der Waals surface area contributed by atoms with Crippen molar-refractivity contribution >= 4 is 161 Å². The summed E-state index contributed by atoms with van der Waals surface area (Å²) in [6.07, 6.45) is 0.671. The van der Waals surface area contributed by atoms with Crippen molar-refractivity contribution in [2.45, 2.75) is 6.42 Å². The lowest BCUT2D eigenvalue weighted by Crippen LogP contribution is -2.53. The van der Waals surface area contributed by atoms with Crippen LogP contribution in [-0.4, -0.2) is 12.0 Å². The van der Waals surface area contributed by atoms with Gasteiger partial charge in [0.15, 0.2) is 0 Å². The van der Waals surface area contributed by atoms with Gasteiger partial charge in [0.05, 0.1) is 0 Å². The van der Waals surface area contributed by atoms with Crippen molar-refractivity contribution in [3.63, 3.8) is 0 Å². The van der Waals surface area contributed by atoms with Gasteiger partial charge >= 0.3 is 12.0 Å². The third-order valence-corrected chi connectivity index (χ3v) is 13.3. The Morgan fingerprint density at radius 1 is 0.588 bits per heavy atom. The molecule has 0 aliphatic heterocycles. The summed E-state index contributed by atoms with van der Waals surface area (Å²) in [4.78, 5) is 0. The minimum absolute atomic E-state index is 0.597. The molecule has 0 nitrogen and oxygen atoms in total. The summed E-state index contributed by atoms with van der Waals surface area (Å²) in [6.45, 7) is 0. The third-order valence-electron chi connectivity index (χ3n) is 7.18. The topological polar surface area (TPSA) is 0 Å². The Balaban J connectivity index is 1.98. The van der Waals surface area contributed by atoms with Gasteiger partial charge in [-0.3, -0.25) is 0 Å². The van der Waals surface area contributed by atoms with Crippen molar-refractivity contribution < 1.29 is 0 Å². The van der Waals surface area contributed by atoms with E-state index in [1.54, 1.807) is 0 Å². The molecule has 34 heavy (non-hydrogen) atoms. The van der Waals surface area contributed by atoms with Gasteiger partial charge in [-0.15, -0.1) is 66.5 Å². The number of rotatable bonds is 2. The van der Waals surface area contributed by atoms with Crippen molar-refractivity contribution in [3.05, 3.63) is 65.1 Å². The zero-order chi connectivity index (χ0) is 23.7. The highest BCUT2D eigenvalue weighted by Gasteiger charge is 2.45. The fraction of sp³-hybridized carbons (Fsp3) is 0.0400. The standard InChI is InChI=1S/C25H12Cl6SSi2/c26-33(27,28)24-16-8-7-13-4-3-11-1-2-12-5-6-14-9-15(10-32)21(25(24)34(29,30)31)23-20(14)18(12)17(11)19(13)22(16)23/h1-8,10,32H,9H2. The zero-order valence-corrected chi connectivity index (χ0v) is 24.5. The molecule has 0 fully saturated rings. The second-order valence-corrected chi connectivity index (χ2v) is 25.8. The summed E-state index contributed by atoms with van der Waals surface area (Å²) in [5.41, 5.74) is 3.10. The maximum Gasteiger partial charge on any atom is 0.373 e. The summed E-state index contributed by atoms with van der Waals surface area (Å²) in [5.74, 6) is 0. The van der Waals surface area contributed by atoms with E-state index in [1.165, 1.54) is 37.9 Å². The Morgan fingerprint density at radius 3 is 1.65 bits per heavy atom. The highest BCUT2D eigenvalue weighted by atomic mass is 35.8. The van der Waals surface area contributed by atoms with E-state index in [-0.39, 0.29) is 0 Å². The van der Waals surface area contributed by atoms with E-state index in [0.717, 1.165) is 32.7 Å². The highest BCUT2D eigenvalue weighted by molar-refractivity contribution is 7.83. The smallest absolute Gasteiger partial charge is 0.151 e. The average molecular weight is 613 g/mol. The van der Waals surface area contributed by atoms with Crippen molar-refractivity contribution in [2.75, 3.05) is 0 Å². The SMILES string of the molecule is SC=C1Cc2ccc3ccc4ccc5ccc6c([Si](Cl)(Cl)Cl)c([Si](Cl)(Cl)Cl)c1c1c2c3c4c5c61. The van der Waals surface area contributed by atoms with Gasteiger partial charge in [-0.2, -0.15) is 12.6 Å². The zero-order valence-electron chi connectivity index (χ0n) is 17.1. The van der Waals surface area contributed by atoms with Crippen LogP contribution in [0.3, 0.4) is 0 Å². The largest absolute Gasteiger partial charge is 0.373 e. The van der Waals surface area contributed by atoms with Crippen LogP contribution in [0.1, 0.15) is 11.1 Å². The maximum absolute atomic E-state index is 6.81. The number of hydrogen-bond acceptors (Lipinski definition) is 1. The fourth-order valence-corrected chi connectivity index (χ4v) is 14.2. The summed E-state index contributed by atoms with van der Waals surface area (Å²) in [5, 5.41) is 14.4. The second-order valence-electron chi connectivity index (χ2n) is 8.84. The van der Waals surface area contributed by atoms with Crippen molar-refractivity contribution in [2.24, 2.45) is 0 Å². The van der Waals surface area contributed by atoms with E-state index in [0.29, 0.717) is 16.8 Å². The van der Waals surface area contributed by atoms with Crippen LogP contribution in [0.15, 0.2) is 53.9 Å². The fourth-order valence-electron chi connectivity index (χ4n) is 6.06. The van der Waals surface area contributed by atoms with Gasteiger partial charge in [0.2, 0.25) is 0 Å². The quantitative estimate of drug-likeness (QED) is 0.0652. The van der Waals surface area contributed by atoms with E-state index >= 15 is 0 Å². The Hall–Kier alpha value is -0.596. The first kappa shape index (κ1) is 22.6. The molecule has 1 aliphatic carbocycles. The minimum Gasteiger partial charge on any atom is -0.151 e. The first-order valence-electron chi connectivity index (χ1n) is 10.5. The molecule has 0 atom stereocenters. The van der Waals surface area contributed by atoms with Crippen LogP contribution in [0, 0.1) is 0 Å². The van der Waals surface area contributed by atoms with E-state index in [1.807, 2.05) is 11.5 Å². The van der Waals surface area contributed by atoms with Gasteiger partial charge < -0.3 is 0 Å². The van der Waals surface area contributed by atoms with Crippen LogP contribution in [0.2, 0.25) is 0 Å². The predicted molar refractivity (Wildman–Crippen MR) is 163 cm³/mol. The third kappa shape index (κ3) is 2.82. The van der Waals surface area contributed by atoms with Crippen LogP contribution < -0.4 is 10.4 Å². The van der Waals surface area contributed by atoms with Crippen LogP contribution in [0.4, 0.5) is 0 Å². The molecule has 1 aliphatic rings. The molecule has 0 saturated heterocycles. The number of halogens is 6. The first-order chi connectivity index (χ1) is 16.1. The van der Waals surface area contributed by atoms with Crippen LogP contribution in [-0.2, 0) is 6.42 Å². The molecule has 168 valence electrons. The van der Waals surface area contributed by atoms with Crippen molar-refractivity contribution in [1.29, 1.82) is 0 Å². The van der Waals surface area contributed by atoms with E-state index in [4.69, 9.17) is 66.5 Å². The molecule has 9 heteroatoms. The maximum atomic E-state index is 6.81. The highest BCUT2D eigenvalue weighted by Crippen LogP contribution is 2.51. The van der Waals surface area contributed by atoms with Gasteiger partial charge in [-0.1, -0.05) is 48.5 Å². The molecule has 6 aromatic carbocycles. The van der Waals surface area contributed by atoms with E-state index < -0.39 is 12.0 Å². The monoisotopic (exact) mass is 610 g/mol. The first-order valence-corrected chi connectivity index (χ1v) is 21.1. The summed E-state index contributed by atoms with van der Waals surface area (Å²) >= 11 is 45.3. The molecule has 7 rings (SSSR count). The molecule has 0 bridgehead atoms. The van der Waals surface area contributed by atoms with Gasteiger partial charge in [-0.05, 0) is 92.8 Å². The molecule has 0 N–H and O–H groups in total. The van der Waals surface area contributed by atoms with E-state index in [9.17, 15) is 0 Å². The van der Waals surface area contributed by atoms with Crippen LogP contribution in [0.25, 0.3) is 59.4 Å². The average Bonchev–Trinajstić information content (AvgIpc) is 2.79. The molecule has 0 aromatic heterocycles. The van der Waals surface area contributed by atoms with Gasteiger partial charge in [-0.25, -0.2) is 0 Å². The lowest BCUT2D eigenvalue weighted by atomic mass is 9.77. The molecule has 0 spiro atoms. The molecular weight excluding hydrogens is 601 g/mol. The number of hydrogen-bond donors (Lipinski definition) is 1. The number of allylic oxidation sites excluding steroid dienone is 1. The molecule has 0 unspecified atom stereocenters. The lowest BCUT2D eigenvalue weighted by molar-refractivity contribution is 1.32. The van der Waals surface area contributed by atoms with Gasteiger partial charge in [0.1, 0.15) is 0 Å². The predicted octanol–water partition coefficient (Wildman–Crippen LogP) is 8.88. The molecular formula is C25H12Cl6SSi2. The second kappa shape index (κ2) is 7.25. The van der Waals surface area contributed by atoms with Crippen LogP contribution in [0.5, 0.6) is 0 Å². The minimum atomic E-state index is -3.52. The van der Waals surface area contributed by atoms with Gasteiger partial charge in [0, 0.05) is 0 Å². The lowest BCUT2D eigenvalue weighted by Gasteiger charge is -2.32. The molecule has 0 saturated carbocycles. The Bertz CT molecular complexity index is 1860. The Morgan fingerprint density at radius 2 is 1.09 bits per heavy atom. The van der Waals surface area contributed by atoms with Crippen molar-refractivity contribution in [1.82, 2.24) is 0 Å². The summed E-state index contributed by atoms with van der Waals surface area (Å²) in [7, 11) is 0. The molecule has 6 aromatic rings. The Labute approximate surface area is 230 Å². The van der Waals surface area contributed by atoms with Crippen LogP contribution >= 0.6 is 79.1 Å².